The fraction of sp³-hybridized carbons (Fsp3) is 0.0870. The molecule has 4 rings (SSSR count). The van der Waals surface area contributed by atoms with Crippen LogP contribution in [-0.2, 0) is 7.05 Å². The lowest BCUT2D eigenvalue weighted by atomic mass is 10.2. The molecule has 0 atom stereocenters. The van der Waals surface area contributed by atoms with Crippen molar-refractivity contribution in [3.8, 4) is 17.6 Å². The molecule has 154 valence electrons. The molecule has 0 fully saturated rings. The van der Waals surface area contributed by atoms with Crippen LogP contribution in [0.2, 0.25) is 5.02 Å². The van der Waals surface area contributed by atoms with Gasteiger partial charge < -0.3 is 20.4 Å². The molecule has 7 nitrogen and oxygen atoms in total. The second-order valence-electron chi connectivity index (χ2n) is 6.73. The Bertz CT molecular complexity index is 1320. The number of benzene rings is 2. The lowest BCUT2D eigenvalue weighted by Crippen LogP contribution is -2.00. The number of fused-ring (bicyclic) bond motifs is 1. The molecule has 8 heteroatoms. The van der Waals surface area contributed by atoms with Crippen molar-refractivity contribution in [3.63, 3.8) is 0 Å². The fourth-order valence-electron chi connectivity index (χ4n) is 3.19. The summed E-state index contributed by atoms with van der Waals surface area (Å²) in [5, 5.41) is 12.8. The first-order chi connectivity index (χ1) is 15.1. The zero-order valence-electron chi connectivity index (χ0n) is 16.7. The Labute approximate surface area is 184 Å². The van der Waals surface area contributed by atoms with E-state index in [0.29, 0.717) is 34.4 Å². The van der Waals surface area contributed by atoms with Gasteiger partial charge in [0.2, 0.25) is 0 Å². The van der Waals surface area contributed by atoms with Crippen LogP contribution in [0.4, 0.5) is 11.5 Å². The van der Waals surface area contributed by atoms with Gasteiger partial charge in [-0.2, -0.15) is 5.26 Å². The number of aromatic nitrogens is 3. The first kappa shape index (κ1) is 20.4. The molecular weight excluding hydrogens is 412 g/mol. The predicted octanol–water partition coefficient (Wildman–Crippen LogP) is 5.00. The minimum Gasteiger partial charge on any atom is -0.456 e. The van der Waals surface area contributed by atoms with Crippen LogP contribution in [0.3, 0.4) is 0 Å². The smallest absolute Gasteiger partial charge is 0.158 e. The molecular formula is C23H19ClN6O. The molecule has 2 heterocycles. The van der Waals surface area contributed by atoms with E-state index in [1.54, 1.807) is 36.4 Å². The highest BCUT2D eigenvalue weighted by Gasteiger charge is 2.12. The zero-order chi connectivity index (χ0) is 21.8. The lowest BCUT2D eigenvalue weighted by molar-refractivity contribution is 0.483. The summed E-state index contributed by atoms with van der Waals surface area (Å²) in [6.45, 7) is 0.464. The van der Waals surface area contributed by atoms with Gasteiger partial charge in [0.25, 0.3) is 0 Å². The van der Waals surface area contributed by atoms with Crippen LogP contribution in [0, 0.1) is 11.3 Å². The van der Waals surface area contributed by atoms with E-state index in [9.17, 15) is 0 Å². The summed E-state index contributed by atoms with van der Waals surface area (Å²) < 4.78 is 7.83. The molecule has 2 aromatic heterocycles. The van der Waals surface area contributed by atoms with Gasteiger partial charge >= 0.3 is 0 Å². The van der Waals surface area contributed by atoms with Crippen LogP contribution in [0.1, 0.15) is 11.3 Å². The summed E-state index contributed by atoms with van der Waals surface area (Å²) in [5.74, 6) is 1.69. The number of anilines is 2. The van der Waals surface area contributed by atoms with Crippen molar-refractivity contribution in [1.82, 2.24) is 14.5 Å². The van der Waals surface area contributed by atoms with E-state index >= 15 is 0 Å². The molecule has 0 amide bonds. The summed E-state index contributed by atoms with van der Waals surface area (Å²) in [6, 6.07) is 16.3. The van der Waals surface area contributed by atoms with Gasteiger partial charge in [0.1, 0.15) is 23.3 Å². The fourth-order valence-corrected chi connectivity index (χ4v) is 3.41. The minimum atomic E-state index is 0.427. The number of nitrogens with one attached hydrogen (secondary N) is 1. The predicted molar refractivity (Wildman–Crippen MR) is 123 cm³/mol. The maximum Gasteiger partial charge on any atom is 0.158 e. The molecule has 0 aliphatic rings. The molecule has 31 heavy (non-hydrogen) atoms. The van der Waals surface area contributed by atoms with E-state index in [1.165, 1.54) is 6.33 Å². The second-order valence-corrected chi connectivity index (χ2v) is 7.14. The van der Waals surface area contributed by atoms with E-state index < -0.39 is 0 Å². The maximum atomic E-state index is 9.04. The van der Waals surface area contributed by atoms with Crippen molar-refractivity contribution in [2.45, 2.75) is 0 Å². The molecule has 0 bridgehead atoms. The summed E-state index contributed by atoms with van der Waals surface area (Å²) in [4.78, 5) is 8.76. The number of hydrogen-bond acceptors (Lipinski definition) is 6. The Hall–Kier alpha value is -3.86. The Balaban J connectivity index is 1.61. The van der Waals surface area contributed by atoms with Gasteiger partial charge in [-0.25, -0.2) is 9.97 Å². The van der Waals surface area contributed by atoms with E-state index in [1.807, 2.05) is 35.9 Å². The third-order valence-corrected chi connectivity index (χ3v) is 4.96. The summed E-state index contributed by atoms with van der Waals surface area (Å²) in [7, 11) is 1.95. The first-order valence-electron chi connectivity index (χ1n) is 9.50. The van der Waals surface area contributed by atoms with Gasteiger partial charge in [-0.05, 0) is 48.5 Å². The molecule has 0 aliphatic carbocycles. The molecule has 0 aliphatic heterocycles. The number of nitriles is 1. The standard InChI is InChI=1S/C23H19ClN6O/c1-30-17(5-3-9-25)12-20-22(30)23(28-14-27-20)29-16-7-8-21(19(24)11-16)31-18-6-2-4-15(10-18)13-26/h2-8,10-12,14H,9,25H2,1H3,(H,27,28,29). The Morgan fingerprint density at radius 2 is 2.10 bits per heavy atom. The van der Waals surface area contributed by atoms with Crippen LogP contribution >= 0.6 is 11.6 Å². The number of halogens is 1. The highest BCUT2D eigenvalue weighted by molar-refractivity contribution is 6.32. The van der Waals surface area contributed by atoms with Crippen LogP contribution in [0.25, 0.3) is 17.1 Å². The Morgan fingerprint density at radius 1 is 1.23 bits per heavy atom. The van der Waals surface area contributed by atoms with Crippen molar-refractivity contribution in [2.24, 2.45) is 12.8 Å². The average Bonchev–Trinajstić information content (AvgIpc) is 3.10. The van der Waals surface area contributed by atoms with Gasteiger partial charge in [0.15, 0.2) is 5.82 Å². The van der Waals surface area contributed by atoms with E-state index in [4.69, 9.17) is 27.3 Å². The van der Waals surface area contributed by atoms with Gasteiger partial charge in [-0.3, -0.25) is 0 Å². The maximum absolute atomic E-state index is 9.04. The second kappa shape index (κ2) is 8.88. The van der Waals surface area contributed by atoms with E-state index in [2.05, 4.69) is 21.4 Å². The molecule has 0 spiro atoms. The van der Waals surface area contributed by atoms with Gasteiger partial charge in [-0.1, -0.05) is 23.7 Å². The van der Waals surface area contributed by atoms with Crippen LogP contribution in [0.15, 0.2) is 60.9 Å². The largest absolute Gasteiger partial charge is 0.456 e. The monoisotopic (exact) mass is 430 g/mol. The molecule has 4 aromatic rings. The van der Waals surface area contributed by atoms with Gasteiger partial charge in [-0.15, -0.1) is 0 Å². The number of aryl methyl sites for hydroxylation is 1. The topological polar surface area (TPSA) is 102 Å². The third kappa shape index (κ3) is 4.36. The number of ether oxygens (including phenoxy) is 1. The normalized spacial score (nSPS) is 11.0. The van der Waals surface area contributed by atoms with E-state index in [-0.39, 0.29) is 0 Å². The van der Waals surface area contributed by atoms with Crippen molar-refractivity contribution in [1.29, 1.82) is 5.26 Å². The molecule has 0 saturated carbocycles. The van der Waals surface area contributed by atoms with Crippen LogP contribution in [0.5, 0.6) is 11.5 Å². The number of hydrogen-bond donors (Lipinski definition) is 2. The van der Waals surface area contributed by atoms with Crippen LogP contribution in [-0.4, -0.2) is 21.1 Å². The Kier molecular flexibility index (Phi) is 5.85. The third-order valence-electron chi connectivity index (χ3n) is 4.67. The summed E-state index contributed by atoms with van der Waals surface area (Å²) in [5.41, 5.74) is 9.50. The highest BCUT2D eigenvalue weighted by atomic mass is 35.5. The van der Waals surface area contributed by atoms with Crippen molar-refractivity contribution in [3.05, 3.63) is 77.2 Å². The average molecular weight is 431 g/mol. The number of nitrogens with two attached hydrogens (primary N) is 1. The van der Waals surface area contributed by atoms with Gasteiger partial charge in [0.05, 0.1) is 22.2 Å². The van der Waals surface area contributed by atoms with Crippen molar-refractivity contribution in [2.75, 3.05) is 11.9 Å². The SMILES string of the molecule is Cn1c(C=CCN)cc2ncnc(Nc3ccc(Oc4cccc(C#N)c4)c(Cl)c3)c21. The first-order valence-corrected chi connectivity index (χ1v) is 9.88. The highest BCUT2D eigenvalue weighted by Crippen LogP contribution is 2.33. The van der Waals surface area contributed by atoms with Gasteiger partial charge in [0, 0.05) is 25.0 Å². The molecule has 0 radical (unpaired) electrons. The number of rotatable bonds is 6. The van der Waals surface area contributed by atoms with Crippen LogP contribution < -0.4 is 15.8 Å². The lowest BCUT2D eigenvalue weighted by Gasteiger charge is -2.12. The molecule has 0 unspecified atom stereocenters. The summed E-state index contributed by atoms with van der Waals surface area (Å²) >= 11 is 6.44. The van der Waals surface area contributed by atoms with Crippen molar-refractivity contribution < 1.29 is 4.74 Å². The molecule has 2 aromatic carbocycles. The zero-order valence-corrected chi connectivity index (χ0v) is 17.5. The molecule has 3 N–H and O–H groups in total. The summed E-state index contributed by atoms with van der Waals surface area (Å²) in [6.07, 6.45) is 5.36. The minimum absolute atomic E-state index is 0.427. The Morgan fingerprint density at radius 3 is 2.87 bits per heavy atom. The number of nitrogens with zero attached hydrogens (tertiary/aromatic N) is 4. The molecule has 0 saturated heterocycles. The quantitative estimate of drug-likeness (QED) is 0.446. The van der Waals surface area contributed by atoms with Crippen molar-refractivity contribution >= 4 is 40.2 Å². The van der Waals surface area contributed by atoms with E-state index in [0.717, 1.165) is 22.4 Å².